The summed E-state index contributed by atoms with van der Waals surface area (Å²) in [6, 6.07) is 3.56. The molecule has 3 N–H and O–H groups in total. The second-order valence-corrected chi connectivity index (χ2v) is 7.40. The van der Waals surface area contributed by atoms with E-state index in [-0.39, 0.29) is 17.1 Å². The lowest BCUT2D eigenvalue weighted by molar-refractivity contribution is -0.137. The van der Waals surface area contributed by atoms with Crippen LogP contribution in [0, 0.1) is 12.7 Å². The molecule has 30 heavy (non-hydrogen) atoms. The molecule has 1 unspecified atom stereocenters. The van der Waals surface area contributed by atoms with Gasteiger partial charge in [0.1, 0.15) is 11.6 Å². The van der Waals surface area contributed by atoms with Crippen LogP contribution in [0.5, 0.6) is 0 Å². The van der Waals surface area contributed by atoms with E-state index in [9.17, 15) is 22.4 Å². The Morgan fingerprint density at radius 2 is 2.03 bits per heavy atom. The average Bonchev–Trinajstić information content (AvgIpc) is 2.67. The summed E-state index contributed by atoms with van der Waals surface area (Å²) < 4.78 is 52.5. The van der Waals surface area contributed by atoms with Gasteiger partial charge in [0.05, 0.1) is 34.1 Å². The molecule has 0 bridgehead atoms. The third-order valence-electron chi connectivity index (χ3n) is 4.98. The number of nitrogens with zero attached hydrogens (tertiary/aromatic N) is 2. The van der Waals surface area contributed by atoms with E-state index >= 15 is 0 Å². The molecule has 160 valence electrons. The summed E-state index contributed by atoms with van der Waals surface area (Å²) in [6.45, 7) is 3.47. The Bertz CT molecular complexity index is 1020. The number of carbonyl (C=O) groups is 1. The maximum Gasteiger partial charge on any atom is 0.416 e. The largest absolute Gasteiger partial charge is 0.416 e. The number of halogens is 5. The Labute approximate surface area is 175 Å². The molecule has 1 aliphatic rings. The van der Waals surface area contributed by atoms with Gasteiger partial charge in [-0.05, 0) is 43.7 Å². The van der Waals surface area contributed by atoms with E-state index < -0.39 is 29.5 Å². The van der Waals surface area contributed by atoms with Crippen LogP contribution in [-0.4, -0.2) is 28.4 Å². The number of nitrogens with one attached hydrogen (secondary N) is 1. The van der Waals surface area contributed by atoms with Gasteiger partial charge in [0.15, 0.2) is 0 Å². The molecule has 0 saturated heterocycles. The van der Waals surface area contributed by atoms with Crippen molar-refractivity contribution in [3.8, 4) is 0 Å². The maximum atomic E-state index is 13.4. The first-order valence-corrected chi connectivity index (χ1v) is 9.42. The summed E-state index contributed by atoms with van der Waals surface area (Å²) in [5, 5.41) is 2.96. The van der Waals surface area contributed by atoms with Crippen molar-refractivity contribution in [2.75, 3.05) is 11.9 Å². The molecule has 2 heterocycles. The molecule has 1 atom stereocenters. The number of benzene rings is 1. The van der Waals surface area contributed by atoms with Crippen molar-refractivity contribution in [2.24, 2.45) is 5.73 Å². The van der Waals surface area contributed by atoms with E-state index in [1.54, 1.807) is 13.8 Å². The van der Waals surface area contributed by atoms with Gasteiger partial charge in [-0.1, -0.05) is 11.6 Å². The second-order valence-electron chi connectivity index (χ2n) is 6.99. The van der Waals surface area contributed by atoms with E-state index in [4.69, 9.17) is 17.3 Å². The lowest BCUT2D eigenvalue weighted by Gasteiger charge is -2.36. The maximum absolute atomic E-state index is 13.4. The molecule has 0 aliphatic carbocycles. The topological polar surface area (TPSA) is 71.2 Å². The number of aryl methyl sites for hydroxylation is 1. The minimum absolute atomic E-state index is 0.0716. The Hall–Kier alpha value is -2.81. The monoisotopic (exact) mass is 442 g/mol. The molecule has 5 nitrogen and oxygen atoms in total. The summed E-state index contributed by atoms with van der Waals surface area (Å²) in [7, 11) is 0. The summed E-state index contributed by atoms with van der Waals surface area (Å²) in [4.78, 5) is 18.2. The van der Waals surface area contributed by atoms with Gasteiger partial charge in [-0.25, -0.2) is 9.37 Å². The third-order valence-corrected chi connectivity index (χ3v) is 5.31. The number of anilines is 1. The molecule has 1 amide bonds. The van der Waals surface area contributed by atoms with Gasteiger partial charge in [0, 0.05) is 18.7 Å². The van der Waals surface area contributed by atoms with Gasteiger partial charge in [0.2, 0.25) is 0 Å². The smallest absolute Gasteiger partial charge is 0.399 e. The van der Waals surface area contributed by atoms with Crippen LogP contribution in [0.2, 0.25) is 5.02 Å². The zero-order valence-electron chi connectivity index (χ0n) is 16.1. The van der Waals surface area contributed by atoms with E-state index in [0.29, 0.717) is 29.2 Å². The molecule has 1 aromatic carbocycles. The van der Waals surface area contributed by atoms with Gasteiger partial charge < -0.3 is 16.0 Å². The van der Waals surface area contributed by atoms with Gasteiger partial charge in [0.25, 0.3) is 5.91 Å². The number of aromatic nitrogens is 1. The SMILES string of the molecule is Cc1cc(NC2=C(N)C(C)N(C(=O)c3cc(C(F)(F)F)ccc3Cl)CC2)ncc1F. The summed E-state index contributed by atoms with van der Waals surface area (Å²) in [5.41, 5.74) is 6.35. The standard InChI is InChI=1S/C20H19ClF4N4O/c1-10-7-17(27-9-15(10)22)28-16-5-6-29(11(2)18(16)26)19(30)13-8-12(20(23,24)25)3-4-14(13)21/h3-4,7-9,11H,5-6,26H2,1-2H3,(H,27,28). The van der Waals surface area contributed by atoms with Crippen LogP contribution in [-0.2, 0) is 6.18 Å². The van der Waals surface area contributed by atoms with E-state index in [1.165, 1.54) is 11.0 Å². The van der Waals surface area contributed by atoms with Gasteiger partial charge in [-0.3, -0.25) is 4.79 Å². The lowest BCUT2D eigenvalue weighted by atomic mass is 10.0. The molecule has 3 rings (SSSR count). The van der Waals surface area contributed by atoms with Crippen molar-refractivity contribution in [1.82, 2.24) is 9.88 Å². The van der Waals surface area contributed by atoms with E-state index in [0.717, 1.165) is 24.4 Å². The molecule has 0 radical (unpaired) electrons. The first kappa shape index (κ1) is 21.9. The van der Waals surface area contributed by atoms with Gasteiger partial charge in [-0.15, -0.1) is 0 Å². The Kier molecular flexibility index (Phi) is 5.94. The number of carbonyl (C=O) groups excluding carboxylic acids is 1. The molecule has 1 aromatic heterocycles. The van der Waals surface area contributed by atoms with E-state index in [1.807, 2.05) is 0 Å². The van der Waals surface area contributed by atoms with Crippen molar-refractivity contribution in [2.45, 2.75) is 32.5 Å². The molecule has 0 spiro atoms. The first-order chi connectivity index (χ1) is 14.0. The predicted molar refractivity (Wildman–Crippen MR) is 105 cm³/mol. The minimum Gasteiger partial charge on any atom is -0.399 e. The van der Waals surface area contributed by atoms with Crippen LogP contribution in [0.3, 0.4) is 0 Å². The van der Waals surface area contributed by atoms with Crippen molar-refractivity contribution in [1.29, 1.82) is 0 Å². The van der Waals surface area contributed by atoms with Crippen LogP contribution in [0.25, 0.3) is 0 Å². The summed E-state index contributed by atoms with van der Waals surface area (Å²) in [6.07, 6.45) is -3.19. The number of nitrogens with two attached hydrogens (primary N) is 1. The fourth-order valence-electron chi connectivity index (χ4n) is 3.18. The van der Waals surface area contributed by atoms with Gasteiger partial charge in [-0.2, -0.15) is 13.2 Å². The Morgan fingerprint density at radius 1 is 1.33 bits per heavy atom. The van der Waals surface area contributed by atoms with Crippen molar-refractivity contribution in [3.05, 3.63) is 69.4 Å². The number of amides is 1. The third kappa shape index (κ3) is 4.35. The highest BCUT2D eigenvalue weighted by atomic mass is 35.5. The van der Waals surface area contributed by atoms with Crippen molar-refractivity contribution in [3.63, 3.8) is 0 Å². The number of hydrogen-bond donors (Lipinski definition) is 2. The molecule has 0 fully saturated rings. The number of alkyl halides is 3. The Morgan fingerprint density at radius 3 is 2.67 bits per heavy atom. The van der Waals surface area contributed by atoms with Crippen LogP contribution in [0.1, 0.15) is 34.8 Å². The summed E-state index contributed by atoms with van der Waals surface area (Å²) in [5.74, 6) is -0.676. The highest BCUT2D eigenvalue weighted by Gasteiger charge is 2.34. The first-order valence-electron chi connectivity index (χ1n) is 9.04. The Balaban J connectivity index is 1.85. The predicted octanol–water partition coefficient (Wildman–Crippen LogP) is 4.72. The quantitative estimate of drug-likeness (QED) is 0.675. The fraction of sp³-hybridized carbons (Fsp3) is 0.300. The minimum atomic E-state index is -4.59. The molecule has 2 aromatic rings. The van der Waals surface area contributed by atoms with Crippen LogP contribution < -0.4 is 11.1 Å². The van der Waals surface area contributed by atoms with Crippen molar-refractivity contribution < 1.29 is 22.4 Å². The molecule has 10 heteroatoms. The second kappa shape index (κ2) is 8.14. The number of rotatable bonds is 3. The molecule has 0 saturated carbocycles. The van der Waals surface area contributed by atoms with Crippen LogP contribution in [0.15, 0.2) is 41.9 Å². The highest BCUT2D eigenvalue weighted by molar-refractivity contribution is 6.33. The van der Waals surface area contributed by atoms with Crippen LogP contribution in [0.4, 0.5) is 23.4 Å². The molecular weight excluding hydrogens is 424 g/mol. The molecule has 1 aliphatic heterocycles. The molecular formula is C20H19ClF4N4O. The fourth-order valence-corrected chi connectivity index (χ4v) is 3.38. The number of pyridine rings is 1. The van der Waals surface area contributed by atoms with Crippen LogP contribution >= 0.6 is 11.6 Å². The van der Waals surface area contributed by atoms with Gasteiger partial charge >= 0.3 is 6.18 Å². The lowest BCUT2D eigenvalue weighted by Crippen LogP contribution is -2.46. The number of hydrogen-bond acceptors (Lipinski definition) is 4. The van der Waals surface area contributed by atoms with E-state index in [2.05, 4.69) is 10.3 Å². The normalized spacial score (nSPS) is 17.3. The summed E-state index contributed by atoms with van der Waals surface area (Å²) >= 11 is 6.00. The zero-order valence-corrected chi connectivity index (χ0v) is 16.9. The zero-order chi connectivity index (χ0) is 22.2. The highest BCUT2D eigenvalue weighted by Crippen LogP contribution is 2.33. The average molecular weight is 443 g/mol. The van der Waals surface area contributed by atoms with Crippen molar-refractivity contribution >= 4 is 23.3 Å².